The fraction of sp³-hybridized carbons (Fsp3) is 0.286. The lowest BCUT2D eigenvalue weighted by molar-refractivity contribution is -0.167. The van der Waals surface area contributed by atoms with Gasteiger partial charge in [-0.25, -0.2) is 4.79 Å². The first kappa shape index (κ1) is 22.3. The van der Waals surface area contributed by atoms with E-state index in [0.29, 0.717) is 28.7 Å². The second-order valence-corrected chi connectivity index (χ2v) is 7.16. The van der Waals surface area contributed by atoms with Crippen molar-refractivity contribution in [2.24, 2.45) is 0 Å². The van der Waals surface area contributed by atoms with Crippen LogP contribution in [0.15, 0.2) is 59.1 Å². The van der Waals surface area contributed by atoms with Crippen molar-refractivity contribution in [1.82, 2.24) is 0 Å². The van der Waals surface area contributed by atoms with Gasteiger partial charge in [-0.1, -0.05) is 34.5 Å². The Kier molecular flexibility index (Phi) is 8.83. The molecule has 2 unspecified atom stereocenters. The van der Waals surface area contributed by atoms with E-state index in [1.165, 1.54) is 13.2 Å². The Balaban J connectivity index is 1.89. The molecule has 2 rings (SSSR count). The Labute approximate surface area is 178 Å². The van der Waals surface area contributed by atoms with Crippen molar-refractivity contribution in [2.75, 3.05) is 7.11 Å². The van der Waals surface area contributed by atoms with Crippen LogP contribution in [0.25, 0.3) is 0 Å². The van der Waals surface area contributed by atoms with Crippen molar-refractivity contribution >= 4 is 33.5 Å². The number of ether oxygens (including phenoxy) is 4. The van der Waals surface area contributed by atoms with Gasteiger partial charge in [0.15, 0.2) is 0 Å². The van der Waals surface area contributed by atoms with Gasteiger partial charge in [-0.3, -0.25) is 0 Å². The minimum Gasteiger partial charge on any atom is -0.487 e. The molecule has 0 heterocycles. The third-order valence-corrected chi connectivity index (χ3v) is 4.40. The maximum Gasteiger partial charge on any atom is 0.332 e. The van der Waals surface area contributed by atoms with E-state index in [-0.39, 0.29) is 6.10 Å². The van der Waals surface area contributed by atoms with E-state index in [0.717, 1.165) is 4.47 Å². The number of hydrogen-bond acceptors (Lipinski definition) is 5. The molecule has 0 saturated heterocycles. The Hall–Kier alpha value is -2.02. The molecule has 0 aliphatic rings. The summed E-state index contributed by atoms with van der Waals surface area (Å²) < 4.78 is 22.5. The van der Waals surface area contributed by atoms with E-state index in [1.807, 2.05) is 19.9 Å². The first-order valence-electron chi connectivity index (χ1n) is 8.72. The Morgan fingerprint density at radius 1 is 1.18 bits per heavy atom. The Bertz CT molecular complexity index is 803. The fourth-order valence-corrected chi connectivity index (χ4v) is 2.92. The molecular weight excluding hydrogens is 448 g/mol. The first-order chi connectivity index (χ1) is 13.4. The number of benzene rings is 2. The molecule has 0 aliphatic carbocycles. The number of esters is 1. The monoisotopic (exact) mass is 468 g/mol. The van der Waals surface area contributed by atoms with Crippen LogP contribution in [0.1, 0.15) is 20.3 Å². The SMILES string of the molecule is CCC(OC)OC(=O)C=CC(C)Oc1ccc(Oc2ccc(Br)cc2Cl)cc1. The standard InChI is InChI=1S/C21H22BrClO5/c1-4-21(25-3)28-20(24)12-5-14(2)26-16-7-9-17(10-8-16)27-19-11-6-15(22)13-18(19)23/h5-14,21H,4H2,1-3H3. The molecule has 0 saturated carbocycles. The molecule has 150 valence electrons. The molecule has 2 aromatic rings. The predicted octanol–water partition coefficient (Wildman–Crippen LogP) is 6.14. The third kappa shape index (κ3) is 7.19. The summed E-state index contributed by atoms with van der Waals surface area (Å²) in [6.07, 6.45) is 2.68. The maximum absolute atomic E-state index is 11.7. The molecule has 0 radical (unpaired) electrons. The smallest absolute Gasteiger partial charge is 0.332 e. The normalized spacial score (nSPS) is 13.2. The summed E-state index contributed by atoms with van der Waals surface area (Å²) in [5, 5.41) is 0.513. The number of carbonyl (C=O) groups excluding carboxylic acids is 1. The molecule has 0 fully saturated rings. The minimum atomic E-state index is -0.542. The molecular formula is C21H22BrClO5. The summed E-state index contributed by atoms with van der Waals surface area (Å²) in [6, 6.07) is 12.5. The zero-order valence-corrected chi connectivity index (χ0v) is 18.2. The lowest BCUT2D eigenvalue weighted by Crippen LogP contribution is -2.18. The second kappa shape index (κ2) is 11.1. The highest BCUT2D eigenvalue weighted by Crippen LogP contribution is 2.32. The molecule has 5 nitrogen and oxygen atoms in total. The van der Waals surface area contributed by atoms with Gasteiger partial charge in [0.05, 0.1) is 5.02 Å². The van der Waals surface area contributed by atoms with Gasteiger partial charge in [0.25, 0.3) is 0 Å². The van der Waals surface area contributed by atoms with Crippen molar-refractivity contribution in [3.8, 4) is 17.2 Å². The second-order valence-electron chi connectivity index (χ2n) is 5.84. The summed E-state index contributed by atoms with van der Waals surface area (Å²) in [6.45, 7) is 3.69. The highest BCUT2D eigenvalue weighted by atomic mass is 79.9. The first-order valence-corrected chi connectivity index (χ1v) is 9.89. The third-order valence-electron chi connectivity index (χ3n) is 3.61. The topological polar surface area (TPSA) is 54.0 Å². The van der Waals surface area contributed by atoms with Gasteiger partial charge in [-0.2, -0.15) is 0 Å². The number of hydrogen-bond donors (Lipinski definition) is 0. The van der Waals surface area contributed by atoms with Crippen LogP contribution in [0.3, 0.4) is 0 Å². The molecule has 0 N–H and O–H groups in total. The number of halogens is 2. The molecule has 2 aromatic carbocycles. The van der Waals surface area contributed by atoms with Crippen molar-refractivity contribution in [1.29, 1.82) is 0 Å². The molecule has 28 heavy (non-hydrogen) atoms. The quantitative estimate of drug-likeness (QED) is 0.251. The van der Waals surface area contributed by atoms with Crippen LogP contribution < -0.4 is 9.47 Å². The highest BCUT2D eigenvalue weighted by molar-refractivity contribution is 9.10. The van der Waals surface area contributed by atoms with E-state index in [4.69, 9.17) is 30.5 Å². The summed E-state index contributed by atoms with van der Waals surface area (Å²) in [7, 11) is 1.49. The van der Waals surface area contributed by atoms with Gasteiger partial charge in [0.1, 0.15) is 23.4 Å². The molecule has 0 amide bonds. The number of carbonyl (C=O) groups is 1. The van der Waals surface area contributed by atoms with Gasteiger partial charge in [-0.05, 0) is 55.5 Å². The maximum atomic E-state index is 11.7. The van der Waals surface area contributed by atoms with Gasteiger partial charge in [0, 0.05) is 24.1 Å². The van der Waals surface area contributed by atoms with E-state index < -0.39 is 12.3 Å². The van der Waals surface area contributed by atoms with E-state index in [9.17, 15) is 4.79 Å². The predicted molar refractivity (Wildman–Crippen MR) is 112 cm³/mol. The molecule has 0 aromatic heterocycles. The number of methoxy groups -OCH3 is 1. The molecule has 0 spiro atoms. The molecule has 0 bridgehead atoms. The zero-order valence-electron chi connectivity index (χ0n) is 15.9. The van der Waals surface area contributed by atoms with Gasteiger partial charge < -0.3 is 18.9 Å². The lowest BCUT2D eigenvalue weighted by atomic mass is 10.3. The fourth-order valence-electron chi connectivity index (χ4n) is 2.21. The van der Waals surface area contributed by atoms with Crippen molar-refractivity contribution in [3.05, 3.63) is 64.1 Å². The van der Waals surface area contributed by atoms with Crippen molar-refractivity contribution in [3.63, 3.8) is 0 Å². The van der Waals surface area contributed by atoms with Gasteiger partial charge in [-0.15, -0.1) is 0 Å². The van der Waals surface area contributed by atoms with Crippen LogP contribution in [0.2, 0.25) is 5.02 Å². The van der Waals surface area contributed by atoms with Crippen LogP contribution in [0.4, 0.5) is 0 Å². The lowest BCUT2D eigenvalue weighted by Gasteiger charge is -2.14. The largest absolute Gasteiger partial charge is 0.487 e. The average molecular weight is 470 g/mol. The summed E-state index contributed by atoms with van der Waals surface area (Å²) in [5.74, 6) is 1.37. The molecule has 7 heteroatoms. The van der Waals surface area contributed by atoms with Crippen molar-refractivity contribution in [2.45, 2.75) is 32.7 Å². The van der Waals surface area contributed by atoms with E-state index in [1.54, 1.807) is 42.5 Å². The Morgan fingerprint density at radius 2 is 1.86 bits per heavy atom. The molecule has 2 atom stereocenters. The van der Waals surface area contributed by atoms with Crippen LogP contribution in [0.5, 0.6) is 17.2 Å². The summed E-state index contributed by atoms with van der Waals surface area (Å²) in [5.41, 5.74) is 0. The highest BCUT2D eigenvalue weighted by Gasteiger charge is 2.09. The summed E-state index contributed by atoms with van der Waals surface area (Å²) >= 11 is 9.51. The van der Waals surface area contributed by atoms with Crippen molar-refractivity contribution < 1.29 is 23.7 Å². The summed E-state index contributed by atoms with van der Waals surface area (Å²) in [4.78, 5) is 11.7. The van der Waals surface area contributed by atoms with E-state index >= 15 is 0 Å². The van der Waals surface area contributed by atoms with Crippen LogP contribution in [-0.4, -0.2) is 25.5 Å². The number of rotatable bonds is 9. The minimum absolute atomic E-state index is 0.317. The Morgan fingerprint density at radius 3 is 2.46 bits per heavy atom. The van der Waals surface area contributed by atoms with E-state index in [2.05, 4.69) is 15.9 Å². The average Bonchev–Trinajstić information content (AvgIpc) is 2.68. The van der Waals surface area contributed by atoms with Crippen LogP contribution in [-0.2, 0) is 14.3 Å². The van der Waals surface area contributed by atoms with Gasteiger partial charge >= 0.3 is 5.97 Å². The molecule has 0 aliphatic heterocycles. The van der Waals surface area contributed by atoms with Crippen LogP contribution >= 0.6 is 27.5 Å². The van der Waals surface area contributed by atoms with Gasteiger partial charge in [0.2, 0.25) is 6.29 Å². The van der Waals surface area contributed by atoms with Crippen LogP contribution in [0, 0.1) is 0 Å². The zero-order chi connectivity index (χ0) is 20.5.